The molecule has 13 nitrogen and oxygen atoms in total. The summed E-state index contributed by atoms with van der Waals surface area (Å²) in [6.07, 6.45) is -0.604. The lowest BCUT2D eigenvalue weighted by Gasteiger charge is -2.28. The molecule has 0 aromatic heterocycles. The highest BCUT2D eigenvalue weighted by molar-refractivity contribution is 5.95. The average molecular weight is 489 g/mol. The zero-order valence-electron chi connectivity index (χ0n) is 19.9. The molecule has 0 fully saturated rings. The number of amides is 3. The van der Waals surface area contributed by atoms with Gasteiger partial charge in [0.05, 0.1) is 12.5 Å². The number of carbonyl (C=O) groups excluding carboxylic acids is 3. The molecule has 0 aliphatic carbocycles. The van der Waals surface area contributed by atoms with Crippen LogP contribution >= 0.6 is 0 Å². The summed E-state index contributed by atoms with van der Waals surface area (Å²) in [5, 5.41) is 34.0. The highest BCUT2D eigenvalue weighted by Gasteiger charge is 2.33. The number of hydrogen-bond donors (Lipinski definition) is 7. The smallest absolute Gasteiger partial charge is 0.326 e. The quantitative estimate of drug-likeness (QED) is 0.144. The van der Waals surface area contributed by atoms with E-state index in [9.17, 15) is 33.9 Å². The van der Waals surface area contributed by atoms with Crippen LogP contribution < -0.4 is 21.7 Å². The van der Waals surface area contributed by atoms with E-state index in [0.717, 1.165) is 0 Å². The molecule has 13 heteroatoms. The van der Waals surface area contributed by atoms with Crippen LogP contribution in [0.1, 0.15) is 59.8 Å². The van der Waals surface area contributed by atoms with Gasteiger partial charge in [0.2, 0.25) is 17.7 Å². The van der Waals surface area contributed by atoms with Crippen LogP contribution in [0.3, 0.4) is 0 Å². The molecule has 0 saturated carbocycles. The molecule has 0 aliphatic heterocycles. The van der Waals surface area contributed by atoms with E-state index in [1.54, 1.807) is 20.8 Å². The minimum atomic E-state index is -1.72. The summed E-state index contributed by atoms with van der Waals surface area (Å²) in [6.45, 7) is 6.91. The second kappa shape index (κ2) is 14.8. The Morgan fingerprint density at radius 1 is 0.735 bits per heavy atom. The van der Waals surface area contributed by atoms with Gasteiger partial charge in [0.25, 0.3) is 0 Å². The van der Waals surface area contributed by atoms with Crippen molar-refractivity contribution >= 4 is 35.6 Å². The van der Waals surface area contributed by atoms with E-state index in [-0.39, 0.29) is 12.3 Å². The first-order chi connectivity index (χ1) is 15.7. The van der Waals surface area contributed by atoms with E-state index in [0.29, 0.717) is 12.8 Å². The molecule has 0 aliphatic rings. The Balaban J connectivity index is 5.67. The largest absolute Gasteiger partial charge is 0.481 e. The van der Waals surface area contributed by atoms with Crippen molar-refractivity contribution in [3.8, 4) is 0 Å². The number of nitrogens with one attached hydrogen (secondary N) is 3. The number of carbonyl (C=O) groups is 6. The Kier molecular flexibility index (Phi) is 13.4. The predicted molar refractivity (Wildman–Crippen MR) is 119 cm³/mol. The van der Waals surface area contributed by atoms with E-state index in [2.05, 4.69) is 16.0 Å². The van der Waals surface area contributed by atoms with Gasteiger partial charge in [0, 0.05) is 6.42 Å². The fourth-order valence-corrected chi connectivity index (χ4v) is 2.91. The number of carboxylic acid groups (broad SMARTS) is 3. The van der Waals surface area contributed by atoms with Gasteiger partial charge < -0.3 is 37.0 Å². The summed E-state index contributed by atoms with van der Waals surface area (Å²) in [7, 11) is 0. The predicted octanol–water partition coefficient (Wildman–Crippen LogP) is -0.716. The van der Waals surface area contributed by atoms with Crippen LogP contribution in [-0.4, -0.2) is 75.1 Å². The van der Waals surface area contributed by atoms with E-state index >= 15 is 0 Å². The lowest BCUT2D eigenvalue weighted by molar-refractivity contribution is -0.147. The summed E-state index contributed by atoms with van der Waals surface area (Å²) < 4.78 is 0. The summed E-state index contributed by atoms with van der Waals surface area (Å²) in [5.41, 5.74) is 5.89. The molecular formula is C21H36N4O9. The minimum Gasteiger partial charge on any atom is -0.481 e. The van der Waals surface area contributed by atoms with Gasteiger partial charge >= 0.3 is 17.9 Å². The molecule has 34 heavy (non-hydrogen) atoms. The van der Waals surface area contributed by atoms with Crippen LogP contribution in [0.25, 0.3) is 0 Å². The van der Waals surface area contributed by atoms with Crippen molar-refractivity contribution in [2.75, 3.05) is 0 Å². The molecule has 0 bridgehead atoms. The monoisotopic (exact) mass is 488 g/mol. The van der Waals surface area contributed by atoms with Crippen molar-refractivity contribution in [2.45, 2.75) is 84.0 Å². The first kappa shape index (κ1) is 30.8. The van der Waals surface area contributed by atoms with Crippen molar-refractivity contribution in [3.05, 3.63) is 0 Å². The first-order valence-electron chi connectivity index (χ1n) is 11.1. The Morgan fingerprint density at radius 3 is 1.71 bits per heavy atom. The molecule has 6 atom stereocenters. The van der Waals surface area contributed by atoms with Crippen molar-refractivity contribution in [3.63, 3.8) is 0 Å². The van der Waals surface area contributed by atoms with Crippen LogP contribution in [0.4, 0.5) is 0 Å². The molecule has 0 rings (SSSR count). The maximum Gasteiger partial charge on any atom is 0.326 e. The fraction of sp³-hybridized carbons (Fsp3) is 0.714. The van der Waals surface area contributed by atoms with E-state index < -0.39 is 78.6 Å². The fourth-order valence-electron chi connectivity index (χ4n) is 2.91. The van der Waals surface area contributed by atoms with E-state index in [1.807, 2.05) is 6.92 Å². The number of hydrogen-bond acceptors (Lipinski definition) is 7. The lowest BCUT2D eigenvalue weighted by atomic mass is 9.96. The number of carboxylic acids is 3. The highest BCUT2D eigenvalue weighted by Crippen LogP contribution is 2.11. The molecule has 6 unspecified atom stereocenters. The van der Waals surface area contributed by atoms with Gasteiger partial charge in [-0.2, -0.15) is 0 Å². The van der Waals surface area contributed by atoms with Gasteiger partial charge in [-0.15, -0.1) is 0 Å². The highest BCUT2D eigenvalue weighted by atomic mass is 16.4. The van der Waals surface area contributed by atoms with E-state index in [4.69, 9.17) is 15.9 Å². The van der Waals surface area contributed by atoms with Crippen LogP contribution in [0, 0.1) is 11.8 Å². The van der Waals surface area contributed by atoms with Gasteiger partial charge in [-0.05, 0) is 18.3 Å². The molecule has 3 amide bonds. The molecule has 0 saturated heterocycles. The molecule has 8 N–H and O–H groups in total. The average Bonchev–Trinajstić information content (AvgIpc) is 2.76. The topological polar surface area (TPSA) is 225 Å². The molecule has 194 valence electrons. The van der Waals surface area contributed by atoms with Crippen LogP contribution in [-0.2, 0) is 28.8 Å². The summed E-state index contributed by atoms with van der Waals surface area (Å²) in [6, 6.07) is -5.23. The first-order valence-corrected chi connectivity index (χ1v) is 11.1. The Hall–Kier alpha value is -3.22. The van der Waals surface area contributed by atoms with Crippen molar-refractivity contribution in [1.82, 2.24) is 16.0 Å². The summed E-state index contributed by atoms with van der Waals surface area (Å²) >= 11 is 0. The van der Waals surface area contributed by atoms with Gasteiger partial charge in [-0.3, -0.25) is 24.0 Å². The third-order valence-corrected chi connectivity index (χ3v) is 5.63. The maximum atomic E-state index is 12.9. The molecule has 0 spiro atoms. The van der Waals surface area contributed by atoms with Gasteiger partial charge in [0.1, 0.15) is 18.1 Å². The molecule has 0 heterocycles. The van der Waals surface area contributed by atoms with Crippen molar-refractivity contribution < 1.29 is 44.1 Å². The Bertz CT molecular complexity index is 759. The Labute approximate surface area is 197 Å². The van der Waals surface area contributed by atoms with Crippen molar-refractivity contribution in [1.29, 1.82) is 0 Å². The normalized spacial score (nSPS) is 16.1. The summed E-state index contributed by atoms with van der Waals surface area (Å²) in [5.74, 6) is -7.33. The van der Waals surface area contributed by atoms with Gasteiger partial charge in [-0.25, -0.2) is 4.79 Å². The third kappa shape index (κ3) is 10.6. The SMILES string of the molecule is CCC(C)C(N)C(=O)NC(CCC(=O)O)C(=O)NC(C(=O)NC(CC(=O)O)C(=O)O)C(C)CC. The van der Waals surface area contributed by atoms with Crippen LogP contribution in [0.15, 0.2) is 0 Å². The zero-order valence-corrected chi connectivity index (χ0v) is 19.9. The Morgan fingerprint density at radius 2 is 1.26 bits per heavy atom. The third-order valence-electron chi connectivity index (χ3n) is 5.63. The zero-order chi connectivity index (χ0) is 26.6. The van der Waals surface area contributed by atoms with Crippen LogP contribution in [0.2, 0.25) is 0 Å². The van der Waals surface area contributed by atoms with E-state index in [1.165, 1.54) is 0 Å². The number of aliphatic carboxylic acids is 3. The lowest BCUT2D eigenvalue weighted by Crippen LogP contribution is -2.59. The summed E-state index contributed by atoms with van der Waals surface area (Å²) in [4.78, 5) is 71.4. The second-order valence-corrected chi connectivity index (χ2v) is 8.27. The molecular weight excluding hydrogens is 452 g/mol. The molecule has 0 aromatic rings. The molecule has 0 aromatic carbocycles. The minimum absolute atomic E-state index is 0.205. The van der Waals surface area contributed by atoms with Crippen LogP contribution in [0.5, 0.6) is 0 Å². The van der Waals surface area contributed by atoms with Crippen molar-refractivity contribution in [2.24, 2.45) is 17.6 Å². The molecule has 0 radical (unpaired) electrons. The maximum absolute atomic E-state index is 12.9. The standard InChI is InChI=1S/C21H36N4O9/c1-5-10(3)16(22)19(31)23-12(7-8-14(26)27)18(30)25-17(11(4)6-2)20(32)24-13(21(33)34)9-15(28)29/h10-13,16-17H,5-9,22H2,1-4H3,(H,23,31)(H,24,32)(H,25,30)(H,26,27)(H,28,29)(H,33,34). The van der Waals surface area contributed by atoms with Gasteiger partial charge in [0.15, 0.2) is 0 Å². The number of nitrogens with two attached hydrogens (primary N) is 1. The number of rotatable bonds is 16. The van der Waals surface area contributed by atoms with Gasteiger partial charge in [-0.1, -0.05) is 40.5 Å². The second-order valence-electron chi connectivity index (χ2n) is 8.27.